The van der Waals surface area contributed by atoms with Crippen molar-refractivity contribution in [2.75, 3.05) is 6.54 Å². The van der Waals surface area contributed by atoms with E-state index in [0.29, 0.717) is 12.1 Å². The topological polar surface area (TPSA) is 57.6 Å². The smallest absolute Gasteiger partial charge is 0.295 e. The van der Waals surface area contributed by atoms with Crippen molar-refractivity contribution < 1.29 is 14.7 Å². The summed E-state index contributed by atoms with van der Waals surface area (Å²) in [5, 5.41) is 11.2. The second kappa shape index (κ2) is 17.0. The zero-order valence-electron chi connectivity index (χ0n) is 23.3. The lowest BCUT2D eigenvalue weighted by atomic mass is 9.95. The van der Waals surface area contributed by atoms with Crippen LogP contribution in [0.15, 0.2) is 63.0 Å². The van der Waals surface area contributed by atoms with Gasteiger partial charge in [0.05, 0.1) is 11.6 Å². The lowest BCUT2D eigenvalue weighted by molar-refractivity contribution is -0.139. The molecule has 0 saturated carbocycles. The number of benzene rings is 2. The van der Waals surface area contributed by atoms with Gasteiger partial charge in [-0.15, -0.1) is 0 Å². The number of Topliss-reactive ketones (excluding diaryl/α,β-unsaturated/α-hetero) is 1. The van der Waals surface area contributed by atoms with Gasteiger partial charge in [-0.05, 0) is 36.2 Å². The van der Waals surface area contributed by atoms with Gasteiger partial charge in [0.25, 0.3) is 11.7 Å². The summed E-state index contributed by atoms with van der Waals surface area (Å²) < 4.78 is 1.80. The zero-order chi connectivity index (χ0) is 28.0. The Hall–Kier alpha value is -1.92. The minimum absolute atomic E-state index is 0.128. The standard InChI is InChI=1S/C33H43Br2NO3/c1-2-3-4-5-6-7-8-9-10-11-12-13-14-15-24-36-30(25-16-20-27(34)21-17-25)29(32(38)33(36)39)31(37)26-18-22-28(35)23-19-26/h16-23,30,37H,2-15,24H2,1H3/b31-29+/t30-/m1/s1. The number of likely N-dealkylation sites (tertiary alicyclic amines) is 1. The predicted octanol–water partition coefficient (Wildman–Crippen LogP) is 10.1. The highest BCUT2D eigenvalue weighted by Crippen LogP contribution is 2.40. The van der Waals surface area contributed by atoms with E-state index in [1.54, 1.807) is 17.0 Å². The Morgan fingerprint density at radius 2 is 1.13 bits per heavy atom. The van der Waals surface area contributed by atoms with Crippen LogP contribution in [0.2, 0.25) is 0 Å². The molecule has 6 heteroatoms. The van der Waals surface area contributed by atoms with Crippen molar-refractivity contribution in [3.05, 3.63) is 74.2 Å². The number of carbonyl (C=O) groups is 2. The molecule has 1 heterocycles. The fourth-order valence-corrected chi connectivity index (χ4v) is 5.87. The number of amides is 1. The van der Waals surface area contributed by atoms with Crippen molar-refractivity contribution in [2.45, 2.75) is 103 Å². The molecule has 212 valence electrons. The van der Waals surface area contributed by atoms with Crippen LogP contribution in [-0.4, -0.2) is 28.2 Å². The van der Waals surface area contributed by atoms with Crippen LogP contribution in [-0.2, 0) is 9.59 Å². The Balaban J connectivity index is 1.52. The van der Waals surface area contributed by atoms with E-state index in [1.165, 1.54) is 70.6 Å². The molecule has 1 N–H and O–H groups in total. The Morgan fingerprint density at radius 1 is 0.692 bits per heavy atom. The van der Waals surface area contributed by atoms with Crippen LogP contribution in [0.1, 0.15) is 114 Å². The maximum atomic E-state index is 13.2. The Bertz CT molecular complexity index is 1080. The normalized spacial score (nSPS) is 16.8. The summed E-state index contributed by atoms with van der Waals surface area (Å²) in [5.41, 5.74) is 1.51. The van der Waals surface area contributed by atoms with E-state index in [1.807, 2.05) is 36.4 Å². The Morgan fingerprint density at radius 3 is 1.62 bits per heavy atom. The Labute approximate surface area is 251 Å². The number of ketones is 1. The number of aliphatic hydroxyl groups is 1. The molecule has 3 rings (SSSR count). The minimum atomic E-state index is -0.617. The lowest BCUT2D eigenvalue weighted by Crippen LogP contribution is -2.30. The predicted molar refractivity (Wildman–Crippen MR) is 168 cm³/mol. The molecule has 1 atom stereocenters. The van der Waals surface area contributed by atoms with E-state index in [4.69, 9.17) is 0 Å². The molecule has 0 spiro atoms. The van der Waals surface area contributed by atoms with Crippen molar-refractivity contribution >= 4 is 49.3 Å². The largest absolute Gasteiger partial charge is 0.507 e. The second-order valence-electron chi connectivity index (χ2n) is 10.6. The highest BCUT2D eigenvalue weighted by Gasteiger charge is 2.45. The third kappa shape index (κ3) is 9.60. The van der Waals surface area contributed by atoms with Crippen molar-refractivity contribution in [2.24, 2.45) is 0 Å². The number of aliphatic hydroxyl groups excluding tert-OH is 1. The van der Waals surface area contributed by atoms with Crippen LogP contribution in [0.25, 0.3) is 5.76 Å². The second-order valence-corrected chi connectivity index (χ2v) is 12.5. The van der Waals surface area contributed by atoms with Crippen molar-refractivity contribution in [1.82, 2.24) is 4.90 Å². The number of carbonyl (C=O) groups excluding carboxylic acids is 2. The first-order valence-electron chi connectivity index (χ1n) is 14.7. The van der Waals surface area contributed by atoms with Crippen molar-refractivity contribution in [3.8, 4) is 0 Å². The lowest BCUT2D eigenvalue weighted by Gasteiger charge is -2.25. The molecule has 2 aromatic carbocycles. The number of nitrogens with zero attached hydrogens (tertiary/aromatic N) is 1. The molecule has 1 aliphatic heterocycles. The van der Waals surface area contributed by atoms with Gasteiger partial charge in [0.2, 0.25) is 0 Å². The van der Waals surface area contributed by atoms with Gasteiger partial charge in [-0.25, -0.2) is 0 Å². The van der Waals surface area contributed by atoms with Crippen LogP contribution >= 0.6 is 31.9 Å². The number of hydrogen-bond donors (Lipinski definition) is 1. The molecule has 0 radical (unpaired) electrons. The maximum Gasteiger partial charge on any atom is 0.295 e. The molecule has 1 saturated heterocycles. The van der Waals surface area contributed by atoms with E-state index in [2.05, 4.69) is 38.8 Å². The molecule has 0 bridgehead atoms. The van der Waals surface area contributed by atoms with Crippen LogP contribution in [0.4, 0.5) is 0 Å². The molecule has 0 unspecified atom stereocenters. The molecular weight excluding hydrogens is 618 g/mol. The SMILES string of the molecule is CCCCCCCCCCCCCCCCN1C(=O)C(=O)/C(=C(/O)c2ccc(Br)cc2)[C@H]1c1ccc(Br)cc1. The summed E-state index contributed by atoms with van der Waals surface area (Å²) in [6.45, 7) is 2.76. The molecular formula is C33H43Br2NO3. The molecule has 4 nitrogen and oxygen atoms in total. The molecule has 0 aliphatic carbocycles. The fourth-order valence-electron chi connectivity index (χ4n) is 5.34. The molecule has 1 aliphatic rings. The molecule has 1 amide bonds. The summed E-state index contributed by atoms with van der Waals surface area (Å²) in [4.78, 5) is 28.0. The van der Waals surface area contributed by atoms with Gasteiger partial charge in [0.15, 0.2) is 0 Å². The third-order valence-corrected chi connectivity index (χ3v) is 8.65. The summed E-state index contributed by atoms with van der Waals surface area (Å²) in [6, 6.07) is 14.2. The summed E-state index contributed by atoms with van der Waals surface area (Å²) in [5.74, 6) is -1.28. The third-order valence-electron chi connectivity index (χ3n) is 7.60. The summed E-state index contributed by atoms with van der Waals surface area (Å²) >= 11 is 6.87. The fraction of sp³-hybridized carbons (Fsp3) is 0.515. The first-order chi connectivity index (χ1) is 18.9. The average Bonchev–Trinajstić information content (AvgIpc) is 3.18. The van der Waals surface area contributed by atoms with Gasteiger partial charge >= 0.3 is 0 Å². The summed E-state index contributed by atoms with van der Waals surface area (Å²) in [7, 11) is 0. The minimum Gasteiger partial charge on any atom is -0.507 e. The highest BCUT2D eigenvalue weighted by atomic mass is 79.9. The van der Waals surface area contributed by atoms with Gasteiger partial charge in [0, 0.05) is 21.1 Å². The van der Waals surface area contributed by atoms with E-state index < -0.39 is 17.7 Å². The van der Waals surface area contributed by atoms with Crippen LogP contribution < -0.4 is 0 Å². The van der Waals surface area contributed by atoms with Gasteiger partial charge in [-0.1, -0.05) is 147 Å². The van der Waals surface area contributed by atoms with Crippen molar-refractivity contribution in [3.63, 3.8) is 0 Å². The molecule has 2 aromatic rings. The van der Waals surface area contributed by atoms with Crippen LogP contribution in [0.3, 0.4) is 0 Å². The molecule has 1 fully saturated rings. The first-order valence-corrected chi connectivity index (χ1v) is 16.3. The van der Waals surface area contributed by atoms with Gasteiger partial charge < -0.3 is 10.0 Å². The number of halogens is 2. The van der Waals surface area contributed by atoms with E-state index >= 15 is 0 Å². The number of rotatable bonds is 17. The first kappa shape index (κ1) is 31.6. The quantitative estimate of drug-likeness (QED) is 0.0795. The molecule has 39 heavy (non-hydrogen) atoms. The van der Waals surface area contributed by atoms with E-state index in [9.17, 15) is 14.7 Å². The van der Waals surface area contributed by atoms with Crippen LogP contribution in [0, 0.1) is 0 Å². The monoisotopic (exact) mass is 659 g/mol. The number of hydrogen-bond acceptors (Lipinski definition) is 3. The van der Waals surface area contributed by atoms with E-state index in [-0.39, 0.29) is 11.3 Å². The zero-order valence-corrected chi connectivity index (χ0v) is 26.4. The summed E-state index contributed by atoms with van der Waals surface area (Å²) in [6.07, 6.45) is 17.7. The number of unbranched alkanes of at least 4 members (excludes halogenated alkanes) is 13. The molecule has 0 aromatic heterocycles. The van der Waals surface area contributed by atoms with Crippen molar-refractivity contribution in [1.29, 1.82) is 0 Å². The Kier molecular flexibility index (Phi) is 13.8. The average molecular weight is 662 g/mol. The van der Waals surface area contributed by atoms with Crippen LogP contribution in [0.5, 0.6) is 0 Å². The van der Waals surface area contributed by atoms with Gasteiger partial charge in [0.1, 0.15) is 5.76 Å². The van der Waals surface area contributed by atoms with E-state index in [0.717, 1.165) is 33.8 Å². The van der Waals surface area contributed by atoms with Gasteiger partial charge in [-0.2, -0.15) is 0 Å². The van der Waals surface area contributed by atoms with Gasteiger partial charge in [-0.3, -0.25) is 9.59 Å². The maximum absolute atomic E-state index is 13.2. The highest BCUT2D eigenvalue weighted by molar-refractivity contribution is 9.10.